The second kappa shape index (κ2) is 5.90. The third-order valence-electron chi connectivity index (χ3n) is 2.79. The Hall–Kier alpha value is -1.79. The van der Waals surface area contributed by atoms with Crippen molar-refractivity contribution in [3.8, 4) is 0 Å². The van der Waals surface area contributed by atoms with Crippen molar-refractivity contribution in [2.75, 3.05) is 13.1 Å². The number of carbonyl (C=O) groups excluding carboxylic acids is 3. The van der Waals surface area contributed by atoms with Gasteiger partial charge in [0.05, 0.1) is 6.54 Å². The van der Waals surface area contributed by atoms with Gasteiger partial charge in [-0.25, -0.2) is 4.79 Å². The van der Waals surface area contributed by atoms with Crippen LogP contribution in [0, 0.1) is 0 Å². The lowest BCUT2D eigenvalue weighted by molar-refractivity contribution is -0.136. The summed E-state index contributed by atoms with van der Waals surface area (Å²) in [5, 5.41) is 5.17. The van der Waals surface area contributed by atoms with E-state index in [1.807, 2.05) is 20.8 Å². The Kier molecular flexibility index (Phi) is 4.74. The lowest BCUT2D eigenvalue weighted by Gasteiger charge is -2.24. The Balaban J connectivity index is 2.43. The summed E-state index contributed by atoms with van der Waals surface area (Å²) < 4.78 is 0. The molecule has 1 fully saturated rings. The minimum Gasteiger partial charge on any atom is -0.368 e. The summed E-state index contributed by atoms with van der Waals surface area (Å²) in [7, 11) is 0. The molecule has 1 saturated heterocycles. The molecule has 0 aromatic rings. The predicted octanol–water partition coefficient (Wildman–Crippen LogP) is -0.440. The Labute approximate surface area is 112 Å². The average molecular weight is 270 g/mol. The van der Waals surface area contributed by atoms with E-state index in [-0.39, 0.29) is 18.0 Å². The molecule has 0 saturated carbocycles. The predicted molar refractivity (Wildman–Crippen MR) is 70.2 cm³/mol. The molecule has 1 rings (SSSR count). The van der Waals surface area contributed by atoms with Crippen LogP contribution in [0.3, 0.4) is 0 Å². The lowest BCUT2D eigenvalue weighted by atomic mass is 10.1. The number of urea groups is 1. The van der Waals surface area contributed by atoms with Crippen molar-refractivity contribution in [2.24, 2.45) is 5.73 Å². The van der Waals surface area contributed by atoms with Gasteiger partial charge in [0, 0.05) is 12.1 Å². The van der Waals surface area contributed by atoms with Crippen molar-refractivity contribution >= 4 is 17.8 Å². The van der Waals surface area contributed by atoms with Gasteiger partial charge in [-0.05, 0) is 33.6 Å². The number of likely N-dealkylation sites (tertiary alicyclic amines) is 1. The molecule has 7 nitrogen and oxygen atoms in total. The van der Waals surface area contributed by atoms with Gasteiger partial charge < -0.3 is 21.3 Å². The topological polar surface area (TPSA) is 105 Å². The van der Waals surface area contributed by atoms with Gasteiger partial charge in [0.2, 0.25) is 11.8 Å². The van der Waals surface area contributed by atoms with Crippen LogP contribution in [0.25, 0.3) is 0 Å². The second-order valence-electron chi connectivity index (χ2n) is 5.71. The second-order valence-corrected chi connectivity index (χ2v) is 5.71. The number of primary amides is 1. The van der Waals surface area contributed by atoms with Gasteiger partial charge in [-0.2, -0.15) is 0 Å². The zero-order valence-electron chi connectivity index (χ0n) is 11.7. The Morgan fingerprint density at radius 2 is 1.95 bits per heavy atom. The first kappa shape index (κ1) is 15.3. The van der Waals surface area contributed by atoms with Gasteiger partial charge in [0.25, 0.3) is 0 Å². The lowest BCUT2D eigenvalue weighted by Crippen LogP contribution is -2.51. The van der Waals surface area contributed by atoms with Crippen molar-refractivity contribution in [3.05, 3.63) is 0 Å². The number of hydrogen-bond donors (Lipinski definition) is 3. The van der Waals surface area contributed by atoms with Gasteiger partial charge in [-0.1, -0.05) is 0 Å². The molecule has 0 radical (unpaired) electrons. The highest BCUT2D eigenvalue weighted by Gasteiger charge is 2.32. The standard InChI is InChI=1S/C12H22N4O3/c1-12(2,3)15-11(19)14-7-9(17)16-6-4-5-8(16)10(13)18/h8H,4-7H2,1-3H3,(H2,13,18)(H2,14,15,19)/t8-/m0/s1. The molecule has 0 spiro atoms. The third-order valence-corrected chi connectivity index (χ3v) is 2.79. The van der Waals surface area contributed by atoms with E-state index < -0.39 is 18.0 Å². The Bertz CT molecular complexity index is 376. The third kappa shape index (κ3) is 4.76. The van der Waals surface area contributed by atoms with Gasteiger partial charge in [-0.3, -0.25) is 9.59 Å². The molecule has 1 atom stereocenters. The minimum atomic E-state index is -0.542. The van der Waals surface area contributed by atoms with Gasteiger partial charge in [-0.15, -0.1) is 0 Å². The molecule has 0 aromatic carbocycles. The molecule has 0 bridgehead atoms. The van der Waals surface area contributed by atoms with E-state index in [4.69, 9.17) is 5.73 Å². The summed E-state index contributed by atoms with van der Waals surface area (Å²) in [5.41, 5.74) is 4.87. The van der Waals surface area contributed by atoms with E-state index in [9.17, 15) is 14.4 Å². The fourth-order valence-electron chi connectivity index (χ4n) is 2.00. The van der Waals surface area contributed by atoms with Crippen LogP contribution in [-0.4, -0.2) is 47.4 Å². The minimum absolute atomic E-state index is 0.133. The molecule has 4 N–H and O–H groups in total. The fourth-order valence-corrected chi connectivity index (χ4v) is 2.00. The first-order valence-electron chi connectivity index (χ1n) is 6.35. The Morgan fingerprint density at radius 1 is 1.32 bits per heavy atom. The van der Waals surface area contributed by atoms with E-state index in [1.165, 1.54) is 4.90 Å². The van der Waals surface area contributed by atoms with Crippen LogP contribution in [0.5, 0.6) is 0 Å². The molecular weight excluding hydrogens is 248 g/mol. The highest BCUT2D eigenvalue weighted by Crippen LogP contribution is 2.16. The molecule has 4 amide bonds. The van der Waals surface area contributed by atoms with Gasteiger partial charge in [0.1, 0.15) is 6.04 Å². The number of nitrogens with one attached hydrogen (secondary N) is 2. The summed E-state index contributed by atoms with van der Waals surface area (Å²) in [6.45, 7) is 5.91. The highest BCUT2D eigenvalue weighted by molar-refractivity contribution is 5.89. The molecule has 1 aliphatic rings. The van der Waals surface area contributed by atoms with Gasteiger partial charge >= 0.3 is 6.03 Å². The maximum absolute atomic E-state index is 11.9. The van der Waals surface area contributed by atoms with Crippen LogP contribution < -0.4 is 16.4 Å². The molecule has 1 heterocycles. The summed E-state index contributed by atoms with van der Waals surface area (Å²) in [6.07, 6.45) is 1.35. The van der Waals surface area contributed by atoms with Crippen LogP contribution in [0.1, 0.15) is 33.6 Å². The zero-order valence-corrected chi connectivity index (χ0v) is 11.7. The summed E-state index contributed by atoms with van der Waals surface area (Å²) >= 11 is 0. The first-order valence-corrected chi connectivity index (χ1v) is 6.35. The summed E-state index contributed by atoms with van der Waals surface area (Å²) in [5.74, 6) is -0.782. The number of hydrogen-bond acceptors (Lipinski definition) is 3. The maximum atomic E-state index is 11.9. The number of rotatable bonds is 3. The molecular formula is C12H22N4O3. The molecule has 19 heavy (non-hydrogen) atoms. The molecule has 108 valence electrons. The smallest absolute Gasteiger partial charge is 0.315 e. The van der Waals surface area contributed by atoms with Crippen molar-refractivity contribution in [3.63, 3.8) is 0 Å². The zero-order chi connectivity index (χ0) is 14.6. The van der Waals surface area contributed by atoms with Crippen LogP contribution in [0.2, 0.25) is 0 Å². The molecule has 7 heteroatoms. The summed E-state index contributed by atoms with van der Waals surface area (Å²) in [4.78, 5) is 36.0. The molecule has 1 aliphatic heterocycles. The van der Waals surface area contributed by atoms with E-state index in [2.05, 4.69) is 10.6 Å². The first-order chi connectivity index (χ1) is 8.70. The van der Waals surface area contributed by atoms with Crippen LogP contribution in [0.4, 0.5) is 4.79 Å². The largest absolute Gasteiger partial charge is 0.368 e. The van der Waals surface area contributed by atoms with Crippen molar-refractivity contribution in [2.45, 2.75) is 45.2 Å². The highest BCUT2D eigenvalue weighted by atomic mass is 16.2. The van der Waals surface area contributed by atoms with E-state index in [0.717, 1.165) is 6.42 Å². The van der Waals surface area contributed by atoms with E-state index in [0.29, 0.717) is 13.0 Å². The van der Waals surface area contributed by atoms with Gasteiger partial charge in [0.15, 0.2) is 0 Å². The van der Waals surface area contributed by atoms with E-state index >= 15 is 0 Å². The maximum Gasteiger partial charge on any atom is 0.315 e. The van der Waals surface area contributed by atoms with Crippen molar-refractivity contribution < 1.29 is 14.4 Å². The van der Waals surface area contributed by atoms with Crippen LogP contribution in [0.15, 0.2) is 0 Å². The van der Waals surface area contributed by atoms with E-state index in [1.54, 1.807) is 0 Å². The van der Waals surface area contributed by atoms with Crippen LogP contribution >= 0.6 is 0 Å². The molecule has 0 unspecified atom stereocenters. The quantitative estimate of drug-likeness (QED) is 0.647. The monoisotopic (exact) mass is 270 g/mol. The number of amides is 4. The normalized spacial score (nSPS) is 19.1. The number of nitrogens with two attached hydrogens (primary N) is 1. The summed E-state index contributed by atoms with van der Waals surface area (Å²) in [6, 6.07) is -0.948. The average Bonchev–Trinajstić information content (AvgIpc) is 2.72. The van der Waals surface area contributed by atoms with Crippen molar-refractivity contribution in [1.29, 1.82) is 0 Å². The fraction of sp³-hybridized carbons (Fsp3) is 0.750. The van der Waals surface area contributed by atoms with Crippen molar-refractivity contribution in [1.82, 2.24) is 15.5 Å². The number of carbonyl (C=O) groups is 3. The van der Waals surface area contributed by atoms with Crippen LogP contribution in [-0.2, 0) is 9.59 Å². The molecule has 0 aliphatic carbocycles. The number of nitrogens with zero attached hydrogens (tertiary/aromatic N) is 1. The Morgan fingerprint density at radius 3 is 2.47 bits per heavy atom. The molecule has 0 aromatic heterocycles. The SMILES string of the molecule is CC(C)(C)NC(=O)NCC(=O)N1CCC[C@H]1C(N)=O.